The van der Waals surface area contributed by atoms with E-state index in [1.165, 1.54) is 11.3 Å². The Labute approximate surface area is 159 Å². The van der Waals surface area contributed by atoms with Crippen molar-refractivity contribution in [2.75, 3.05) is 11.9 Å². The molecule has 7 heteroatoms. The van der Waals surface area contributed by atoms with E-state index < -0.39 is 17.9 Å². The molecule has 0 unspecified atom stereocenters. The van der Waals surface area contributed by atoms with Crippen molar-refractivity contribution in [3.63, 3.8) is 0 Å². The summed E-state index contributed by atoms with van der Waals surface area (Å²) in [5.41, 5.74) is 1.54. The molecular formula is C19H18N2O3S2. The highest BCUT2D eigenvalue weighted by Crippen LogP contribution is 2.33. The van der Waals surface area contributed by atoms with Gasteiger partial charge in [-0.1, -0.05) is 18.2 Å². The quantitative estimate of drug-likeness (QED) is 0.587. The van der Waals surface area contributed by atoms with Gasteiger partial charge in [-0.15, -0.1) is 22.7 Å². The van der Waals surface area contributed by atoms with Gasteiger partial charge < -0.3 is 15.7 Å². The van der Waals surface area contributed by atoms with E-state index in [9.17, 15) is 14.7 Å². The molecule has 0 aliphatic carbocycles. The van der Waals surface area contributed by atoms with Gasteiger partial charge in [-0.2, -0.15) is 0 Å². The molecule has 0 aliphatic rings. The average Bonchev–Trinajstić information content (AvgIpc) is 3.30. The summed E-state index contributed by atoms with van der Waals surface area (Å²) in [5.74, 6) is -1.53. The van der Waals surface area contributed by atoms with Crippen LogP contribution in [0.3, 0.4) is 0 Å². The number of thiophene rings is 2. The molecule has 0 spiro atoms. The Bertz CT molecular complexity index is 903. The number of anilines is 1. The number of hydrogen-bond donors (Lipinski definition) is 3. The van der Waals surface area contributed by atoms with Crippen LogP contribution in [-0.2, 0) is 9.59 Å². The summed E-state index contributed by atoms with van der Waals surface area (Å²) in [4.78, 5) is 26.8. The van der Waals surface area contributed by atoms with E-state index in [0.29, 0.717) is 5.69 Å². The van der Waals surface area contributed by atoms with E-state index in [-0.39, 0.29) is 6.54 Å². The Balaban J connectivity index is 1.53. The predicted octanol–water partition coefficient (Wildman–Crippen LogP) is 3.57. The SMILES string of the molecule is Cc1cccc(NC(=O)C(=O)NC[C@@H](O)c2ccc(-c3cccs3)s2)c1. The molecule has 0 fully saturated rings. The topological polar surface area (TPSA) is 78.4 Å². The Kier molecular flexibility index (Phi) is 5.82. The second kappa shape index (κ2) is 8.27. The van der Waals surface area contributed by atoms with Crippen LogP contribution in [0.4, 0.5) is 5.69 Å². The lowest BCUT2D eigenvalue weighted by atomic mass is 10.2. The third-order valence-electron chi connectivity index (χ3n) is 3.66. The first-order valence-electron chi connectivity index (χ1n) is 8.00. The van der Waals surface area contributed by atoms with E-state index >= 15 is 0 Å². The number of aryl methyl sites for hydroxylation is 1. The normalized spacial score (nSPS) is 11.8. The van der Waals surface area contributed by atoms with Gasteiger partial charge >= 0.3 is 11.8 Å². The molecule has 26 heavy (non-hydrogen) atoms. The second-order valence-corrected chi connectivity index (χ2v) is 7.79. The Morgan fingerprint density at radius 1 is 1.08 bits per heavy atom. The minimum absolute atomic E-state index is 0.0233. The summed E-state index contributed by atoms with van der Waals surface area (Å²) in [6, 6.07) is 15.0. The summed E-state index contributed by atoms with van der Waals surface area (Å²) in [6.07, 6.45) is -0.857. The summed E-state index contributed by atoms with van der Waals surface area (Å²) in [7, 11) is 0. The number of amides is 2. The first-order chi connectivity index (χ1) is 12.5. The maximum absolute atomic E-state index is 11.9. The molecule has 3 N–H and O–H groups in total. The predicted molar refractivity (Wildman–Crippen MR) is 105 cm³/mol. The van der Waals surface area contributed by atoms with Crippen LogP contribution in [0.1, 0.15) is 16.5 Å². The van der Waals surface area contributed by atoms with Gasteiger partial charge in [-0.3, -0.25) is 9.59 Å². The zero-order chi connectivity index (χ0) is 18.5. The average molecular weight is 386 g/mol. The van der Waals surface area contributed by atoms with Gasteiger partial charge in [0, 0.05) is 26.9 Å². The molecule has 0 aliphatic heterocycles. The number of nitrogens with one attached hydrogen (secondary N) is 2. The molecule has 134 valence electrons. The molecule has 1 aromatic carbocycles. The van der Waals surface area contributed by atoms with E-state index in [4.69, 9.17) is 0 Å². The van der Waals surface area contributed by atoms with Crippen molar-refractivity contribution in [3.8, 4) is 9.75 Å². The van der Waals surface area contributed by atoms with Crippen molar-refractivity contribution in [1.29, 1.82) is 0 Å². The number of aliphatic hydroxyl groups is 1. The molecule has 0 saturated carbocycles. The summed E-state index contributed by atoms with van der Waals surface area (Å²) < 4.78 is 0. The van der Waals surface area contributed by atoms with E-state index in [0.717, 1.165) is 20.2 Å². The van der Waals surface area contributed by atoms with Crippen molar-refractivity contribution in [2.24, 2.45) is 0 Å². The fraction of sp³-hybridized carbons (Fsp3) is 0.158. The Hall–Kier alpha value is -2.48. The van der Waals surface area contributed by atoms with Gasteiger partial charge in [0.1, 0.15) is 6.10 Å². The van der Waals surface area contributed by atoms with Gasteiger partial charge in [0.25, 0.3) is 0 Å². The zero-order valence-corrected chi connectivity index (χ0v) is 15.7. The van der Waals surface area contributed by atoms with Crippen LogP contribution >= 0.6 is 22.7 Å². The lowest BCUT2D eigenvalue weighted by molar-refractivity contribution is -0.136. The minimum Gasteiger partial charge on any atom is -0.386 e. The minimum atomic E-state index is -0.857. The highest BCUT2D eigenvalue weighted by molar-refractivity contribution is 7.21. The Morgan fingerprint density at radius 3 is 2.65 bits per heavy atom. The maximum Gasteiger partial charge on any atom is 0.313 e. The molecule has 3 rings (SSSR count). The van der Waals surface area contributed by atoms with Crippen molar-refractivity contribution in [1.82, 2.24) is 5.32 Å². The zero-order valence-electron chi connectivity index (χ0n) is 14.1. The first kappa shape index (κ1) is 18.3. The number of aliphatic hydroxyl groups excluding tert-OH is 1. The summed E-state index contributed by atoms with van der Waals surface area (Å²) in [6.45, 7) is 1.88. The van der Waals surface area contributed by atoms with Gasteiger partial charge in [0.05, 0.1) is 0 Å². The summed E-state index contributed by atoms with van der Waals surface area (Å²) in [5, 5.41) is 17.3. The first-order valence-corrected chi connectivity index (χ1v) is 9.70. The lowest BCUT2D eigenvalue weighted by Crippen LogP contribution is -2.37. The van der Waals surface area contributed by atoms with E-state index in [1.807, 2.05) is 42.6 Å². The molecule has 2 aromatic heterocycles. The van der Waals surface area contributed by atoms with Crippen molar-refractivity contribution < 1.29 is 14.7 Å². The molecule has 2 heterocycles. The number of carbonyl (C=O) groups is 2. The number of carbonyl (C=O) groups excluding carboxylic acids is 2. The molecular weight excluding hydrogens is 368 g/mol. The fourth-order valence-corrected chi connectivity index (χ4v) is 4.19. The third kappa shape index (κ3) is 4.57. The smallest absolute Gasteiger partial charge is 0.313 e. The standard InChI is InChI=1S/C19H18N2O3S2/c1-12-4-2-5-13(10-12)21-19(24)18(23)20-11-14(22)15-7-8-17(26-15)16-6-3-9-25-16/h2-10,14,22H,11H2,1H3,(H,20,23)(H,21,24)/t14-/m1/s1. The number of rotatable bonds is 5. The molecule has 0 radical (unpaired) electrons. The third-order valence-corrected chi connectivity index (χ3v) is 5.91. The van der Waals surface area contributed by atoms with Crippen LogP contribution in [0.25, 0.3) is 9.75 Å². The van der Waals surface area contributed by atoms with Crippen LogP contribution in [-0.4, -0.2) is 23.5 Å². The fourth-order valence-electron chi connectivity index (χ4n) is 2.36. The van der Waals surface area contributed by atoms with Gasteiger partial charge in [0.2, 0.25) is 0 Å². The molecule has 0 bridgehead atoms. The molecule has 2 amide bonds. The molecule has 3 aromatic rings. The maximum atomic E-state index is 11.9. The van der Waals surface area contributed by atoms with Gasteiger partial charge in [0.15, 0.2) is 0 Å². The Morgan fingerprint density at radius 2 is 1.92 bits per heavy atom. The number of hydrogen-bond acceptors (Lipinski definition) is 5. The largest absolute Gasteiger partial charge is 0.386 e. The van der Waals surface area contributed by atoms with Gasteiger partial charge in [-0.05, 0) is 48.2 Å². The molecule has 1 atom stereocenters. The highest BCUT2D eigenvalue weighted by Gasteiger charge is 2.17. The lowest BCUT2D eigenvalue weighted by Gasteiger charge is -2.10. The summed E-state index contributed by atoms with van der Waals surface area (Å²) >= 11 is 3.10. The van der Waals surface area contributed by atoms with E-state index in [2.05, 4.69) is 10.6 Å². The van der Waals surface area contributed by atoms with E-state index in [1.54, 1.807) is 29.5 Å². The molecule has 0 saturated heterocycles. The van der Waals surface area contributed by atoms with Crippen molar-refractivity contribution in [3.05, 3.63) is 64.4 Å². The van der Waals surface area contributed by atoms with Gasteiger partial charge in [-0.25, -0.2) is 0 Å². The highest BCUT2D eigenvalue weighted by atomic mass is 32.1. The van der Waals surface area contributed by atoms with Crippen molar-refractivity contribution in [2.45, 2.75) is 13.0 Å². The molecule has 5 nitrogen and oxygen atoms in total. The van der Waals surface area contributed by atoms with Crippen LogP contribution in [0.5, 0.6) is 0 Å². The van der Waals surface area contributed by atoms with Crippen LogP contribution < -0.4 is 10.6 Å². The van der Waals surface area contributed by atoms with Crippen LogP contribution in [0, 0.1) is 6.92 Å². The van der Waals surface area contributed by atoms with Crippen LogP contribution in [0.2, 0.25) is 0 Å². The van der Waals surface area contributed by atoms with Crippen LogP contribution in [0.15, 0.2) is 53.9 Å². The monoisotopic (exact) mass is 386 g/mol. The number of benzene rings is 1. The second-order valence-electron chi connectivity index (χ2n) is 5.73. The van der Waals surface area contributed by atoms with Crippen molar-refractivity contribution >= 4 is 40.2 Å².